The number of hydrogen-bond donors (Lipinski definition) is 1. The minimum absolute atomic E-state index is 0. The van der Waals surface area contributed by atoms with Crippen LogP contribution in [0.15, 0.2) is 54.1 Å². The van der Waals surface area contributed by atoms with Gasteiger partial charge in [0.2, 0.25) is 0 Å². The van der Waals surface area contributed by atoms with Gasteiger partial charge in [0.15, 0.2) is 26.5 Å². The molecular weight excluding hydrogens is 1260 g/mol. The number of sulfone groups is 1. The summed E-state index contributed by atoms with van der Waals surface area (Å²) in [5.74, 6) is 2.70. The van der Waals surface area contributed by atoms with Gasteiger partial charge in [0.1, 0.15) is 28.9 Å². The number of hydrogen-bond acceptors (Lipinski definition) is 17. The zero-order chi connectivity index (χ0) is 53.0. The fourth-order valence-electron chi connectivity index (χ4n) is 12.0. The summed E-state index contributed by atoms with van der Waals surface area (Å²) in [6, 6.07) is 7.17. The van der Waals surface area contributed by atoms with Gasteiger partial charge in [0.05, 0.1) is 40.8 Å². The predicted octanol–water partition coefficient (Wildman–Crippen LogP) is -1.81. The van der Waals surface area contributed by atoms with Crippen molar-refractivity contribution in [2.24, 2.45) is 21.7 Å². The van der Waals surface area contributed by atoms with Gasteiger partial charge in [-0.15, -0.1) is 0 Å². The molecule has 6 aromatic heterocycles. The number of carbonyl (C=O) groups is 1. The molecule has 4 saturated carbocycles. The van der Waals surface area contributed by atoms with E-state index in [1.54, 1.807) is 41.1 Å². The zero-order valence-corrected chi connectivity index (χ0v) is 57.2. The molecule has 0 aromatic carbocycles. The summed E-state index contributed by atoms with van der Waals surface area (Å²) in [5.41, 5.74) is 3.06. The third kappa shape index (κ3) is 11.1. The van der Waals surface area contributed by atoms with E-state index in [2.05, 4.69) is 76.7 Å². The van der Waals surface area contributed by atoms with Crippen LogP contribution in [-0.4, -0.2) is 152 Å². The van der Waals surface area contributed by atoms with Gasteiger partial charge in [-0.3, -0.25) is 19.7 Å². The Hall–Kier alpha value is -2.67. The molecule has 1 N–H and O–H groups in total. The number of nitrogens with one attached hydrogen (secondary N) is 1. The Kier molecular flexibility index (Phi) is 16.5. The Morgan fingerprint density at radius 1 is 0.740 bits per heavy atom. The molecule has 0 amide bonds. The Labute approximate surface area is 562 Å². The molecular formula is C50H55Cs2F3N16O5S. The number of halogens is 3. The molecule has 394 valence electrons. The summed E-state index contributed by atoms with van der Waals surface area (Å²) in [6.45, 7) is 28.9. The van der Waals surface area contributed by atoms with Crippen LogP contribution in [0.25, 0.3) is 43.1 Å². The molecule has 4 spiro atoms. The molecule has 0 bridgehead atoms. The van der Waals surface area contributed by atoms with Crippen LogP contribution in [-0.2, 0) is 30.6 Å². The van der Waals surface area contributed by atoms with Gasteiger partial charge in [0, 0.05) is 118 Å². The zero-order valence-electron chi connectivity index (χ0n) is 44.8. The van der Waals surface area contributed by atoms with Crippen molar-refractivity contribution < 1.29 is 176 Å². The molecule has 2 atom stereocenters. The van der Waals surface area contributed by atoms with Crippen LogP contribution >= 0.6 is 0 Å². The van der Waals surface area contributed by atoms with E-state index < -0.39 is 33.6 Å². The number of carbonyl (C=O) groups excluding carboxylic acids is 1. The van der Waals surface area contributed by atoms with Crippen molar-refractivity contribution in [1.82, 2.24) is 64.6 Å². The number of alkyl halides is 3. The van der Waals surface area contributed by atoms with Crippen molar-refractivity contribution in [2.75, 3.05) is 76.6 Å². The SMILES string of the molecule is CCN1CC2(CNC2)C1.O=CO[O-].[C-]#[N+]C1(c2cc3c(cn2)cnn3-c2cc(N3CC4(CN(CC(F)(F)F)C4)C3)nc(C)n2)CC12CC2.[C-]#[N+]C1(c2cc3c(cn2)cnn3-c2cc(S(C)(=O)=O)nc(C)n2)CC12CC2.[Cs+].[Cs+].[H-]. The summed E-state index contributed by atoms with van der Waals surface area (Å²) in [4.78, 5) is 51.9. The normalized spacial score (nSPS) is 23.7. The standard InChI is InChI=1S/C24H23F3N8.C18H16N6O2S.C7H14N2.CH2O3.2Cs.H/c1-15-31-19(34-12-21(13-34)10-33(11-21)14-24(25,26)27)6-20(32-15)35-17-5-18(29-7-16(17)8-30-35)23(28-2)9-22(23)3-4-22;1-11-22-15(7-16(23-11)27(3,25)26)24-13-6-14(20-8-12(13)9-21-24)18(19-2)10-17(18)4-5-17;1-2-9-5-7(6-9)3-8-4-7;2-1-4-3;;;/h5-8H,3-4,9-14H2,1H3;6-9H,4-5,10H2,1,3H3;8H,2-6H2,1H3;1,3H;;;/q;;;;2*+1;-1/p-1. The number of pyridine rings is 2. The second-order valence-electron chi connectivity index (χ2n) is 22.0. The molecule has 4 saturated heterocycles. The van der Waals surface area contributed by atoms with Crippen molar-refractivity contribution in [1.29, 1.82) is 0 Å². The van der Waals surface area contributed by atoms with E-state index in [1.807, 2.05) is 25.1 Å². The number of aromatic nitrogens is 10. The number of anilines is 1. The van der Waals surface area contributed by atoms with Gasteiger partial charge in [-0.25, -0.2) is 50.9 Å². The van der Waals surface area contributed by atoms with Crippen LogP contribution in [0, 0.1) is 48.7 Å². The first-order valence-corrected chi connectivity index (χ1v) is 26.6. The van der Waals surface area contributed by atoms with Gasteiger partial charge in [0.25, 0.3) is 17.6 Å². The summed E-state index contributed by atoms with van der Waals surface area (Å²) in [6.07, 6.45) is 9.96. The van der Waals surface area contributed by atoms with E-state index in [9.17, 15) is 21.6 Å². The van der Waals surface area contributed by atoms with Crippen LogP contribution in [0.3, 0.4) is 0 Å². The van der Waals surface area contributed by atoms with Crippen LogP contribution in [0.1, 0.15) is 69.9 Å². The van der Waals surface area contributed by atoms with Crippen molar-refractivity contribution in [2.45, 2.75) is 81.6 Å². The van der Waals surface area contributed by atoms with E-state index in [0.29, 0.717) is 49.5 Å². The second kappa shape index (κ2) is 21.6. The molecule has 10 heterocycles. The molecule has 21 nitrogen and oxygen atoms in total. The second-order valence-corrected chi connectivity index (χ2v) is 23.9. The van der Waals surface area contributed by atoms with Crippen molar-refractivity contribution in [3.05, 3.63) is 94.9 Å². The summed E-state index contributed by atoms with van der Waals surface area (Å²) >= 11 is 0. The Bertz CT molecular complexity index is 3470. The Morgan fingerprint density at radius 2 is 1.21 bits per heavy atom. The van der Waals surface area contributed by atoms with Gasteiger partial charge in [-0.2, -0.15) is 23.4 Å². The number of nitrogens with zero attached hydrogens (tertiary/aromatic N) is 15. The maximum Gasteiger partial charge on any atom is 1.00 e. The van der Waals surface area contributed by atoms with E-state index in [4.69, 9.17) is 23.2 Å². The summed E-state index contributed by atoms with van der Waals surface area (Å²) in [5, 5.41) is 22.3. The maximum absolute atomic E-state index is 12.6. The molecule has 27 heteroatoms. The summed E-state index contributed by atoms with van der Waals surface area (Å²) < 4.78 is 65.1. The molecule has 0 radical (unpaired) electrons. The molecule has 6 aromatic rings. The van der Waals surface area contributed by atoms with Crippen LogP contribution in [0.2, 0.25) is 0 Å². The smallest absolute Gasteiger partial charge is 1.00 e. The third-order valence-corrected chi connectivity index (χ3v) is 17.4. The molecule has 2 unspecified atom stereocenters. The molecule has 77 heavy (non-hydrogen) atoms. The number of likely N-dealkylation sites (tertiary alicyclic amines) is 2. The van der Waals surface area contributed by atoms with Crippen LogP contribution < -0.4 is 153 Å². The van der Waals surface area contributed by atoms with Gasteiger partial charge in [-0.05, 0) is 58.2 Å². The average molecular weight is 1310 g/mol. The van der Waals surface area contributed by atoms with Crippen molar-refractivity contribution >= 4 is 43.9 Å². The molecule has 14 rings (SSSR count). The quantitative estimate of drug-likeness (QED) is 0.0554. The van der Waals surface area contributed by atoms with Crippen molar-refractivity contribution in [3.8, 4) is 11.6 Å². The van der Waals surface area contributed by atoms with Crippen molar-refractivity contribution in [3.63, 3.8) is 0 Å². The minimum Gasteiger partial charge on any atom is -1.00 e. The van der Waals surface area contributed by atoms with Gasteiger partial charge in [-0.1, -0.05) is 6.92 Å². The largest absolute Gasteiger partial charge is 1.00 e. The van der Waals surface area contributed by atoms with Gasteiger partial charge < -0.3 is 36.4 Å². The fraction of sp³-hybridized carbons (Fsp3) is 0.540. The molecule has 8 fully saturated rings. The fourth-order valence-corrected chi connectivity index (χ4v) is 12.7. The van der Waals surface area contributed by atoms with Crippen LogP contribution in [0.5, 0.6) is 0 Å². The first-order chi connectivity index (χ1) is 35.7. The first kappa shape index (κ1) is 59.0. The topological polar surface area (TPSA) is 227 Å². The van der Waals surface area contributed by atoms with E-state index in [-0.39, 0.29) is 167 Å². The molecule has 4 aliphatic heterocycles. The Balaban J connectivity index is 0.000000165. The predicted molar refractivity (Wildman–Crippen MR) is 263 cm³/mol. The number of fused-ring (bicyclic) bond motifs is 2. The minimum atomic E-state index is -4.15. The maximum atomic E-state index is 12.6. The van der Waals surface area contributed by atoms with Gasteiger partial charge >= 0.3 is 144 Å². The van der Waals surface area contributed by atoms with E-state index in [0.717, 1.165) is 89.2 Å². The van der Waals surface area contributed by atoms with Crippen LogP contribution in [0.4, 0.5) is 19.0 Å². The number of aryl methyl sites for hydroxylation is 2. The first-order valence-electron chi connectivity index (χ1n) is 24.8. The number of rotatable bonds is 9. The average Bonchev–Trinajstić information content (AvgIpc) is 4.30. The Morgan fingerprint density at radius 3 is 1.61 bits per heavy atom. The third-order valence-electron chi connectivity index (χ3n) is 16.5. The molecule has 8 aliphatic rings. The van der Waals surface area contributed by atoms with E-state index >= 15 is 0 Å². The summed E-state index contributed by atoms with van der Waals surface area (Å²) in [7, 11) is -3.47. The monoisotopic (exact) mass is 1310 g/mol. The van der Waals surface area contributed by atoms with E-state index in [1.165, 1.54) is 43.7 Å². The molecule has 4 aliphatic carbocycles.